The van der Waals surface area contributed by atoms with Gasteiger partial charge in [-0.2, -0.15) is 4.98 Å². The molecule has 0 saturated carbocycles. The second-order valence-electron chi connectivity index (χ2n) is 6.81. The van der Waals surface area contributed by atoms with Crippen molar-refractivity contribution in [2.45, 2.75) is 19.8 Å². The average molecular weight is 396 g/mol. The molecule has 0 aliphatic carbocycles. The highest BCUT2D eigenvalue weighted by atomic mass is 16.5. The maximum atomic E-state index is 5.44. The number of likely N-dealkylation sites (N-methyl/N-ethyl adjacent to an activating group) is 1. The smallest absolute Gasteiger partial charge is 0.227 e. The highest BCUT2D eigenvalue weighted by Gasteiger charge is 2.27. The number of pyridine rings is 1. The van der Waals surface area contributed by atoms with E-state index in [1.54, 1.807) is 20.4 Å². The summed E-state index contributed by atoms with van der Waals surface area (Å²) in [6, 6.07) is 4.01. The molecule has 154 valence electrons. The van der Waals surface area contributed by atoms with E-state index in [2.05, 4.69) is 22.0 Å². The van der Waals surface area contributed by atoms with Gasteiger partial charge in [0.15, 0.2) is 0 Å². The van der Waals surface area contributed by atoms with Crippen molar-refractivity contribution in [2.24, 2.45) is 0 Å². The van der Waals surface area contributed by atoms with Gasteiger partial charge in [0.25, 0.3) is 0 Å². The fourth-order valence-corrected chi connectivity index (χ4v) is 3.33. The van der Waals surface area contributed by atoms with Crippen molar-refractivity contribution >= 4 is 17.5 Å². The molecule has 0 aromatic carbocycles. The summed E-state index contributed by atoms with van der Waals surface area (Å²) in [7, 11) is 5.37. The SMILES string of the molecule is C/C=C\C(=C/Cc1nc(N(C)CCOC)nc2c1CCN2c1cccnc1)OC. The number of methoxy groups -OCH3 is 2. The van der Waals surface area contributed by atoms with E-state index >= 15 is 0 Å². The lowest BCUT2D eigenvalue weighted by Gasteiger charge is -2.22. The molecule has 3 heterocycles. The zero-order valence-electron chi connectivity index (χ0n) is 17.6. The van der Waals surface area contributed by atoms with E-state index < -0.39 is 0 Å². The molecule has 0 fully saturated rings. The summed E-state index contributed by atoms with van der Waals surface area (Å²) in [5, 5.41) is 0. The van der Waals surface area contributed by atoms with Gasteiger partial charge < -0.3 is 19.3 Å². The van der Waals surface area contributed by atoms with E-state index in [0.717, 1.165) is 42.5 Å². The number of hydrogen-bond acceptors (Lipinski definition) is 7. The molecule has 7 nitrogen and oxygen atoms in total. The molecule has 0 bridgehead atoms. The van der Waals surface area contributed by atoms with Crippen LogP contribution in [0.2, 0.25) is 0 Å². The van der Waals surface area contributed by atoms with Crippen LogP contribution in [-0.2, 0) is 22.3 Å². The van der Waals surface area contributed by atoms with Crippen LogP contribution in [0.5, 0.6) is 0 Å². The van der Waals surface area contributed by atoms with Crippen LogP contribution >= 0.6 is 0 Å². The number of allylic oxidation sites excluding steroid dienone is 3. The van der Waals surface area contributed by atoms with Crippen molar-refractivity contribution in [3.05, 3.63) is 59.8 Å². The molecule has 1 aliphatic heterocycles. The second-order valence-corrected chi connectivity index (χ2v) is 6.81. The minimum absolute atomic E-state index is 0.619. The van der Waals surface area contributed by atoms with Crippen LogP contribution in [0.4, 0.5) is 17.5 Å². The fraction of sp³-hybridized carbons (Fsp3) is 0.409. The van der Waals surface area contributed by atoms with Gasteiger partial charge in [-0.3, -0.25) is 4.98 Å². The molecule has 3 rings (SSSR count). The molecule has 1 aliphatic rings. The number of fused-ring (bicyclic) bond motifs is 1. The maximum Gasteiger partial charge on any atom is 0.227 e. The molecule has 0 unspecified atom stereocenters. The summed E-state index contributed by atoms with van der Waals surface area (Å²) in [6.45, 7) is 4.18. The fourth-order valence-electron chi connectivity index (χ4n) is 3.33. The van der Waals surface area contributed by atoms with Gasteiger partial charge in [0.2, 0.25) is 5.95 Å². The van der Waals surface area contributed by atoms with Gasteiger partial charge in [-0.1, -0.05) is 6.08 Å². The van der Waals surface area contributed by atoms with Crippen molar-refractivity contribution in [1.29, 1.82) is 0 Å². The molecule has 7 heteroatoms. The normalized spacial score (nSPS) is 13.8. The first-order valence-corrected chi connectivity index (χ1v) is 9.82. The Morgan fingerprint density at radius 1 is 1.31 bits per heavy atom. The Morgan fingerprint density at radius 3 is 2.86 bits per heavy atom. The first kappa shape index (κ1) is 20.8. The number of hydrogen-bond donors (Lipinski definition) is 0. The monoisotopic (exact) mass is 395 g/mol. The number of nitrogens with zero attached hydrogens (tertiary/aromatic N) is 5. The van der Waals surface area contributed by atoms with Crippen molar-refractivity contribution in [2.75, 3.05) is 50.8 Å². The number of ether oxygens (including phenoxy) is 2. The summed E-state index contributed by atoms with van der Waals surface area (Å²) >= 11 is 0. The van der Waals surface area contributed by atoms with Crippen LogP contribution in [0.1, 0.15) is 18.2 Å². The highest BCUT2D eigenvalue weighted by Crippen LogP contribution is 2.35. The van der Waals surface area contributed by atoms with Crippen molar-refractivity contribution in [1.82, 2.24) is 15.0 Å². The summed E-state index contributed by atoms with van der Waals surface area (Å²) in [5.74, 6) is 2.49. The quantitative estimate of drug-likeness (QED) is 0.477. The van der Waals surface area contributed by atoms with Gasteiger partial charge in [-0.25, -0.2) is 4.98 Å². The topological polar surface area (TPSA) is 63.6 Å². The molecule has 0 spiro atoms. The largest absolute Gasteiger partial charge is 0.497 e. The van der Waals surface area contributed by atoms with Crippen LogP contribution in [-0.4, -0.2) is 55.9 Å². The minimum atomic E-state index is 0.619. The zero-order chi connectivity index (χ0) is 20.6. The van der Waals surface area contributed by atoms with E-state index in [1.165, 1.54) is 5.56 Å². The average Bonchev–Trinajstić information content (AvgIpc) is 3.19. The second kappa shape index (κ2) is 10.0. The van der Waals surface area contributed by atoms with E-state index in [0.29, 0.717) is 19.0 Å². The van der Waals surface area contributed by atoms with Crippen molar-refractivity contribution in [3.8, 4) is 0 Å². The van der Waals surface area contributed by atoms with Gasteiger partial charge in [-0.15, -0.1) is 0 Å². The predicted molar refractivity (Wildman–Crippen MR) is 116 cm³/mol. The molecule has 0 radical (unpaired) electrons. The molecule has 0 amide bonds. The third kappa shape index (κ3) is 4.92. The highest BCUT2D eigenvalue weighted by molar-refractivity contribution is 5.68. The first-order chi connectivity index (χ1) is 14.2. The number of aromatic nitrogens is 3. The Labute approximate surface area is 172 Å². The van der Waals surface area contributed by atoms with E-state index in [9.17, 15) is 0 Å². The van der Waals surface area contributed by atoms with Gasteiger partial charge in [0, 0.05) is 45.4 Å². The molecule has 0 N–H and O–H groups in total. The molecular weight excluding hydrogens is 366 g/mol. The molecule has 2 aromatic heterocycles. The van der Waals surface area contributed by atoms with Gasteiger partial charge in [0.1, 0.15) is 11.6 Å². The maximum absolute atomic E-state index is 5.44. The standard InChI is InChI=1S/C22H29N5O2/c1-5-7-18(29-4)9-10-20-19-11-13-27(17-8-6-12-23-16-17)21(19)25-22(24-20)26(2)14-15-28-3/h5-9,12,16H,10-11,13-15H2,1-4H3/b7-5-,18-9+. The Morgan fingerprint density at radius 2 is 2.17 bits per heavy atom. The van der Waals surface area contributed by atoms with Crippen LogP contribution in [0, 0.1) is 0 Å². The van der Waals surface area contributed by atoms with Crippen LogP contribution in [0.15, 0.2) is 48.5 Å². The minimum Gasteiger partial charge on any atom is -0.497 e. The van der Waals surface area contributed by atoms with Crippen molar-refractivity contribution < 1.29 is 9.47 Å². The van der Waals surface area contributed by atoms with Gasteiger partial charge in [0.05, 0.1) is 31.3 Å². The van der Waals surface area contributed by atoms with Crippen LogP contribution in [0.3, 0.4) is 0 Å². The molecule has 0 saturated heterocycles. The van der Waals surface area contributed by atoms with Gasteiger partial charge >= 0.3 is 0 Å². The summed E-state index contributed by atoms with van der Waals surface area (Å²) < 4.78 is 10.7. The van der Waals surface area contributed by atoms with E-state index in [-0.39, 0.29) is 0 Å². The lowest BCUT2D eigenvalue weighted by molar-refractivity contribution is 0.206. The third-order valence-corrected chi connectivity index (χ3v) is 4.89. The Hall–Kier alpha value is -2.93. The van der Waals surface area contributed by atoms with E-state index in [1.807, 2.05) is 43.3 Å². The Balaban J connectivity index is 2.00. The van der Waals surface area contributed by atoms with Crippen molar-refractivity contribution in [3.63, 3.8) is 0 Å². The zero-order valence-corrected chi connectivity index (χ0v) is 17.6. The molecular formula is C22H29N5O2. The molecule has 0 atom stereocenters. The lowest BCUT2D eigenvalue weighted by Crippen LogP contribution is -2.25. The Kier molecular flexibility index (Phi) is 7.19. The third-order valence-electron chi connectivity index (χ3n) is 4.89. The Bertz CT molecular complexity index is 867. The lowest BCUT2D eigenvalue weighted by atomic mass is 10.1. The first-order valence-electron chi connectivity index (χ1n) is 9.82. The number of rotatable bonds is 9. The van der Waals surface area contributed by atoms with Crippen LogP contribution in [0.25, 0.3) is 0 Å². The predicted octanol–water partition coefficient (Wildman–Crippen LogP) is 3.30. The summed E-state index contributed by atoms with van der Waals surface area (Å²) in [6.07, 6.45) is 11.2. The summed E-state index contributed by atoms with van der Waals surface area (Å²) in [4.78, 5) is 18.3. The molecule has 29 heavy (non-hydrogen) atoms. The summed E-state index contributed by atoms with van der Waals surface area (Å²) in [5.41, 5.74) is 3.26. The number of anilines is 3. The molecule has 2 aromatic rings. The van der Waals surface area contributed by atoms with E-state index in [4.69, 9.17) is 19.4 Å². The van der Waals surface area contributed by atoms with Gasteiger partial charge in [-0.05, 0) is 37.6 Å². The van der Waals surface area contributed by atoms with Crippen LogP contribution < -0.4 is 9.80 Å².